The quantitative estimate of drug-likeness (QED) is 0.198. The van der Waals surface area contributed by atoms with Gasteiger partial charge in [0, 0.05) is 11.8 Å². The second-order valence-corrected chi connectivity index (χ2v) is 7.28. The van der Waals surface area contributed by atoms with E-state index in [1.807, 2.05) is 0 Å². The van der Waals surface area contributed by atoms with Crippen LogP contribution in [0.2, 0.25) is 0 Å². The number of anilines is 1. The smallest absolute Gasteiger partial charge is 0.306 e. The number of alkyl halides is 6. The predicted octanol–water partition coefficient (Wildman–Crippen LogP) is 5.93. The summed E-state index contributed by atoms with van der Waals surface area (Å²) in [6.07, 6.45) is -6.23. The molecular weight excluding hydrogens is 458 g/mol. The zero-order chi connectivity index (χ0) is 23.5. The Labute approximate surface area is 181 Å². The molecule has 1 aromatic heterocycles. The lowest BCUT2D eigenvalue weighted by molar-refractivity contribution is -0.137. The highest BCUT2D eigenvalue weighted by atomic mass is 32.2. The highest BCUT2D eigenvalue weighted by molar-refractivity contribution is 8.06. The van der Waals surface area contributed by atoms with Gasteiger partial charge in [0.1, 0.15) is 5.82 Å². The third-order valence-corrected chi connectivity index (χ3v) is 5.01. The van der Waals surface area contributed by atoms with Gasteiger partial charge in [-0.1, -0.05) is 30.0 Å². The van der Waals surface area contributed by atoms with E-state index in [2.05, 4.69) is 10.3 Å². The minimum Gasteiger partial charge on any atom is -0.306 e. The van der Waals surface area contributed by atoms with E-state index in [-0.39, 0.29) is 17.0 Å². The molecule has 0 saturated carbocycles. The summed E-state index contributed by atoms with van der Waals surface area (Å²) in [6.45, 7) is 0. The van der Waals surface area contributed by atoms with Gasteiger partial charge in [-0.3, -0.25) is 9.59 Å². The number of ketones is 1. The van der Waals surface area contributed by atoms with Gasteiger partial charge in [0.25, 0.3) is 5.91 Å². The largest absolute Gasteiger partial charge is 0.422 e. The zero-order valence-electron chi connectivity index (χ0n) is 15.8. The van der Waals surface area contributed by atoms with Gasteiger partial charge >= 0.3 is 12.4 Å². The van der Waals surface area contributed by atoms with Gasteiger partial charge in [-0.05, 0) is 47.4 Å². The lowest BCUT2D eigenvalue weighted by atomic mass is 9.96. The van der Waals surface area contributed by atoms with E-state index in [0.717, 1.165) is 23.6 Å². The minimum atomic E-state index is -4.72. The minimum absolute atomic E-state index is 0.0324. The number of benzene rings is 1. The van der Waals surface area contributed by atoms with E-state index in [1.54, 1.807) is 6.07 Å². The summed E-state index contributed by atoms with van der Waals surface area (Å²) in [4.78, 5) is 28.7. The Morgan fingerprint density at radius 2 is 1.59 bits per heavy atom. The molecule has 1 N–H and O–H groups in total. The molecule has 0 atom stereocenters. The number of aromatic nitrogens is 1. The van der Waals surface area contributed by atoms with Crippen LogP contribution in [0.25, 0.3) is 0 Å². The van der Waals surface area contributed by atoms with Crippen molar-refractivity contribution in [2.24, 2.45) is 0 Å². The first-order chi connectivity index (χ1) is 15.0. The normalized spacial score (nSPS) is 15.8. The van der Waals surface area contributed by atoms with Gasteiger partial charge in [-0.25, -0.2) is 4.98 Å². The molecule has 0 radical (unpaired) electrons. The van der Waals surface area contributed by atoms with Gasteiger partial charge in [0.2, 0.25) is 0 Å². The Bertz CT molecular complexity index is 1120. The molecule has 2 aromatic rings. The number of halogens is 6. The lowest BCUT2D eigenvalue weighted by Crippen LogP contribution is -2.23. The third kappa shape index (κ3) is 5.47. The molecule has 0 aliphatic carbocycles. The summed E-state index contributed by atoms with van der Waals surface area (Å²) in [5.41, 5.74) is -2.33. The Hall–Kier alpha value is -3.34. The topological polar surface area (TPSA) is 59.1 Å². The molecule has 2 heterocycles. The number of carbonyl (C=O) groups is 2. The van der Waals surface area contributed by atoms with E-state index < -0.39 is 40.1 Å². The third-order valence-electron chi connectivity index (χ3n) is 4.13. The molecule has 11 heteroatoms. The Balaban J connectivity index is 2.07. The maximum Gasteiger partial charge on any atom is 0.422 e. The number of nitrogens with one attached hydrogen (secondary N) is 1. The number of pyridine rings is 1. The van der Waals surface area contributed by atoms with Crippen molar-refractivity contribution in [2.75, 3.05) is 5.32 Å². The van der Waals surface area contributed by atoms with Gasteiger partial charge < -0.3 is 5.32 Å². The fourth-order valence-electron chi connectivity index (χ4n) is 2.64. The van der Waals surface area contributed by atoms with E-state index in [9.17, 15) is 35.9 Å². The Morgan fingerprint density at radius 3 is 2.16 bits per heavy atom. The summed E-state index contributed by atoms with van der Waals surface area (Å²) >= 11 is 0.360. The van der Waals surface area contributed by atoms with Gasteiger partial charge in [-0.15, -0.1) is 0 Å². The summed E-state index contributed by atoms with van der Waals surface area (Å²) < 4.78 is 77.9. The van der Waals surface area contributed by atoms with Crippen molar-refractivity contribution in [3.05, 3.63) is 93.4 Å². The van der Waals surface area contributed by atoms with Crippen LogP contribution < -0.4 is 5.32 Å². The van der Waals surface area contributed by atoms with Crippen LogP contribution in [-0.4, -0.2) is 22.9 Å². The number of hydrogen-bond donors (Lipinski definition) is 1. The molecule has 1 aromatic carbocycles. The molecule has 0 spiro atoms. The van der Waals surface area contributed by atoms with Crippen molar-refractivity contribution in [1.82, 2.24) is 4.98 Å². The number of allylic oxidation sites excluding steroid dienone is 4. The molecular formula is C21H12F6N2O2S. The Morgan fingerprint density at radius 1 is 0.906 bits per heavy atom. The highest BCUT2D eigenvalue weighted by Gasteiger charge is 2.36. The van der Waals surface area contributed by atoms with E-state index >= 15 is 0 Å². The molecule has 1 aliphatic rings. The number of hydrogen-bond acceptors (Lipinski definition) is 4. The van der Waals surface area contributed by atoms with Crippen molar-refractivity contribution in [2.45, 2.75) is 12.4 Å². The summed E-state index contributed by atoms with van der Waals surface area (Å²) in [5, 5.41) is 3.38. The molecule has 4 nitrogen and oxygen atoms in total. The molecule has 0 bridgehead atoms. The molecule has 1 amide bonds. The number of amides is 1. The Kier molecular flexibility index (Phi) is 6.58. The van der Waals surface area contributed by atoms with Crippen LogP contribution in [0.5, 0.6) is 0 Å². The summed E-state index contributed by atoms with van der Waals surface area (Å²) in [5.74, 6) is -2.07. The molecule has 3 rings (SSSR count). The first kappa shape index (κ1) is 23.3. The van der Waals surface area contributed by atoms with Crippen molar-refractivity contribution in [1.29, 1.82) is 0 Å². The van der Waals surface area contributed by atoms with Crippen molar-refractivity contribution < 1.29 is 35.9 Å². The second-order valence-electron chi connectivity index (χ2n) is 6.33. The van der Waals surface area contributed by atoms with Crippen molar-refractivity contribution >= 4 is 29.3 Å². The lowest BCUT2D eigenvalue weighted by Gasteiger charge is -2.16. The predicted molar refractivity (Wildman–Crippen MR) is 107 cm³/mol. The zero-order valence-corrected chi connectivity index (χ0v) is 16.6. The maximum atomic E-state index is 13.2. The monoisotopic (exact) mass is 470 g/mol. The first-order valence-electron chi connectivity index (χ1n) is 8.77. The number of nitrogens with zero attached hydrogens (tertiary/aromatic N) is 1. The average molecular weight is 470 g/mol. The summed E-state index contributed by atoms with van der Waals surface area (Å²) in [7, 11) is 0. The fourth-order valence-corrected chi connectivity index (χ4v) is 3.33. The van der Waals surface area contributed by atoms with Gasteiger partial charge in [0.15, 0.2) is 5.78 Å². The van der Waals surface area contributed by atoms with Crippen LogP contribution in [0.1, 0.15) is 15.9 Å². The average Bonchev–Trinajstić information content (AvgIpc) is 2.73. The van der Waals surface area contributed by atoms with Crippen molar-refractivity contribution in [3.8, 4) is 0 Å². The van der Waals surface area contributed by atoms with Crippen LogP contribution in [-0.2, 0) is 11.0 Å². The molecule has 0 fully saturated rings. The molecule has 0 unspecified atom stereocenters. The van der Waals surface area contributed by atoms with Crippen LogP contribution in [0.4, 0.5) is 32.2 Å². The molecule has 1 aliphatic heterocycles. The number of rotatable bonds is 4. The van der Waals surface area contributed by atoms with Gasteiger partial charge in [-0.2, -0.15) is 26.3 Å². The number of carbonyl (C=O) groups excluding carboxylic acids is 2. The van der Waals surface area contributed by atoms with Crippen molar-refractivity contribution in [3.63, 3.8) is 0 Å². The molecule has 166 valence electrons. The molecule has 32 heavy (non-hydrogen) atoms. The first-order valence-corrected chi connectivity index (χ1v) is 9.65. The standard InChI is InChI=1S/C21H12F6N2O2S/c22-20(23,24)14-6-4-12(5-7-14)18(30)17(19(31)29-16-3-1-2-9-28-16)13-8-10-32-15(11-13)21(25,26)27/h1-11H,(H,28,29,31). The maximum absolute atomic E-state index is 13.2. The number of thioether (sulfide) groups is 1. The highest BCUT2D eigenvalue weighted by Crippen LogP contribution is 2.39. The SMILES string of the molecule is O=C(Nc1ccccn1)C(C(=O)c1ccc(C(F)(F)F)cc1)=C1C=CSC(C(F)(F)F)=C1. The molecule has 0 saturated heterocycles. The van der Waals surface area contributed by atoms with E-state index in [1.165, 1.54) is 18.3 Å². The van der Waals surface area contributed by atoms with Gasteiger partial charge in [0.05, 0.1) is 16.0 Å². The van der Waals surface area contributed by atoms with Crippen LogP contribution >= 0.6 is 11.8 Å². The fraction of sp³-hybridized carbons (Fsp3) is 0.0952. The van der Waals surface area contributed by atoms with Crippen LogP contribution in [0, 0.1) is 0 Å². The van der Waals surface area contributed by atoms with Crippen LogP contribution in [0.3, 0.4) is 0 Å². The van der Waals surface area contributed by atoms with Crippen LogP contribution in [0.15, 0.2) is 82.3 Å². The van der Waals surface area contributed by atoms with E-state index in [0.29, 0.717) is 30.0 Å². The number of Topliss-reactive ketones (excluding diaryl/α,β-unsaturated/α-hetero) is 1. The summed E-state index contributed by atoms with van der Waals surface area (Å²) in [6, 6.07) is 7.50. The van der Waals surface area contributed by atoms with E-state index in [4.69, 9.17) is 0 Å². The second kappa shape index (κ2) is 9.03.